The number of amides is 1. The van der Waals surface area contributed by atoms with Crippen molar-refractivity contribution < 1.29 is 4.79 Å². The van der Waals surface area contributed by atoms with Crippen molar-refractivity contribution in [2.75, 3.05) is 18.4 Å². The molecule has 5 nitrogen and oxygen atoms in total. The number of carbonyl (C=O) groups is 1. The maximum absolute atomic E-state index is 12.5. The Hall–Kier alpha value is -2.87. The zero-order chi connectivity index (χ0) is 17.4. The monoisotopic (exact) mass is 322 g/mol. The van der Waals surface area contributed by atoms with E-state index in [1.54, 1.807) is 24.4 Å². The van der Waals surface area contributed by atoms with Crippen LogP contribution in [-0.2, 0) is 0 Å². The lowest BCUT2D eigenvalue weighted by atomic mass is 10.2. The van der Waals surface area contributed by atoms with Gasteiger partial charge in [-0.3, -0.25) is 4.79 Å². The smallest absolute Gasteiger partial charge is 0.272 e. The molecule has 1 aromatic heterocycles. The predicted octanol–water partition coefficient (Wildman–Crippen LogP) is 3.96. The van der Waals surface area contributed by atoms with Crippen LogP contribution < -0.4 is 5.32 Å². The Balaban J connectivity index is 2.06. The van der Waals surface area contributed by atoms with E-state index in [0.29, 0.717) is 11.3 Å². The summed E-state index contributed by atoms with van der Waals surface area (Å²) in [6, 6.07) is 12.8. The van der Waals surface area contributed by atoms with Crippen LogP contribution in [0.2, 0.25) is 0 Å². The van der Waals surface area contributed by atoms with Crippen LogP contribution in [0.15, 0.2) is 42.6 Å². The maximum atomic E-state index is 12.5. The van der Waals surface area contributed by atoms with Crippen molar-refractivity contribution in [3.8, 4) is 6.07 Å². The highest BCUT2D eigenvalue weighted by molar-refractivity contribution is 5.92. The van der Waals surface area contributed by atoms with E-state index in [2.05, 4.69) is 30.2 Å². The van der Waals surface area contributed by atoms with Gasteiger partial charge in [-0.25, -0.2) is 4.98 Å². The molecule has 0 bridgehead atoms. The summed E-state index contributed by atoms with van der Waals surface area (Å²) >= 11 is 0. The van der Waals surface area contributed by atoms with E-state index in [1.807, 2.05) is 23.1 Å². The minimum Gasteiger partial charge on any atom is -0.354 e. The van der Waals surface area contributed by atoms with E-state index in [9.17, 15) is 4.79 Å². The van der Waals surface area contributed by atoms with Crippen molar-refractivity contribution in [1.29, 1.82) is 5.26 Å². The lowest BCUT2D eigenvalue weighted by Gasteiger charge is -2.21. The number of carbonyl (C=O) groups excluding carboxylic acids is 1. The molecule has 0 spiro atoms. The molecule has 0 saturated carbocycles. The number of hydrogen-bond acceptors (Lipinski definition) is 4. The first-order valence-electron chi connectivity index (χ1n) is 8.20. The molecule has 0 saturated heterocycles. The van der Waals surface area contributed by atoms with Crippen molar-refractivity contribution in [2.45, 2.75) is 26.7 Å². The van der Waals surface area contributed by atoms with Gasteiger partial charge < -0.3 is 10.2 Å². The molecular weight excluding hydrogens is 300 g/mol. The van der Waals surface area contributed by atoms with Crippen molar-refractivity contribution in [3.63, 3.8) is 0 Å². The fourth-order valence-corrected chi connectivity index (χ4v) is 2.41. The highest BCUT2D eigenvalue weighted by atomic mass is 16.2. The van der Waals surface area contributed by atoms with Crippen LogP contribution >= 0.6 is 0 Å². The summed E-state index contributed by atoms with van der Waals surface area (Å²) in [7, 11) is 0. The number of aromatic nitrogens is 1. The molecule has 0 aliphatic heterocycles. The largest absolute Gasteiger partial charge is 0.354 e. The summed E-state index contributed by atoms with van der Waals surface area (Å²) in [5.41, 5.74) is 2.75. The fourth-order valence-electron chi connectivity index (χ4n) is 2.41. The van der Waals surface area contributed by atoms with E-state index in [-0.39, 0.29) is 5.91 Å². The normalized spacial score (nSPS) is 10.0. The fraction of sp³-hybridized carbons (Fsp3) is 0.316. The molecule has 1 N–H and O–H groups in total. The summed E-state index contributed by atoms with van der Waals surface area (Å²) < 4.78 is 0. The van der Waals surface area contributed by atoms with Crippen LogP contribution in [0.25, 0.3) is 0 Å². The standard InChI is InChI=1S/C19H22N4O/c1-3-11-23(12-4-2)19(24)18-10-9-17(14-21-18)22-16-7-5-15(13-20)6-8-16/h5-10,14,22H,3-4,11-12H2,1-2H3. The highest BCUT2D eigenvalue weighted by Crippen LogP contribution is 2.17. The Kier molecular flexibility index (Phi) is 6.32. The molecule has 2 rings (SSSR count). The molecule has 0 atom stereocenters. The minimum atomic E-state index is -0.0244. The molecule has 124 valence electrons. The van der Waals surface area contributed by atoms with Crippen LogP contribution in [0.5, 0.6) is 0 Å². The average Bonchev–Trinajstić information content (AvgIpc) is 2.62. The number of anilines is 2. The van der Waals surface area contributed by atoms with Gasteiger partial charge in [0.25, 0.3) is 5.91 Å². The van der Waals surface area contributed by atoms with Crippen LogP contribution in [0, 0.1) is 11.3 Å². The third-order valence-electron chi connectivity index (χ3n) is 3.56. The minimum absolute atomic E-state index is 0.0244. The third kappa shape index (κ3) is 4.56. The quantitative estimate of drug-likeness (QED) is 0.837. The molecule has 0 unspecified atom stereocenters. The van der Waals surface area contributed by atoms with Gasteiger partial charge in [0.1, 0.15) is 5.69 Å². The molecule has 1 aromatic carbocycles. The van der Waals surface area contributed by atoms with Gasteiger partial charge in [-0.15, -0.1) is 0 Å². The lowest BCUT2D eigenvalue weighted by Crippen LogP contribution is -2.33. The van der Waals surface area contributed by atoms with Gasteiger partial charge >= 0.3 is 0 Å². The first-order chi connectivity index (χ1) is 11.7. The second-order valence-electron chi connectivity index (χ2n) is 5.54. The highest BCUT2D eigenvalue weighted by Gasteiger charge is 2.15. The van der Waals surface area contributed by atoms with E-state index in [0.717, 1.165) is 37.3 Å². The second kappa shape index (κ2) is 8.68. The number of nitriles is 1. The lowest BCUT2D eigenvalue weighted by molar-refractivity contribution is 0.0749. The molecule has 5 heteroatoms. The number of pyridine rings is 1. The van der Waals surface area contributed by atoms with Crippen LogP contribution in [0.1, 0.15) is 42.7 Å². The number of nitrogens with zero attached hydrogens (tertiary/aromatic N) is 3. The number of nitrogens with one attached hydrogen (secondary N) is 1. The van der Waals surface area contributed by atoms with Gasteiger partial charge in [0, 0.05) is 18.8 Å². The maximum Gasteiger partial charge on any atom is 0.272 e. The Morgan fingerprint density at radius 2 is 1.71 bits per heavy atom. The Labute approximate surface area is 142 Å². The van der Waals surface area contributed by atoms with Gasteiger partial charge in [-0.2, -0.15) is 5.26 Å². The predicted molar refractivity (Wildman–Crippen MR) is 95.2 cm³/mol. The van der Waals surface area contributed by atoms with Crippen LogP contribution in [0.3, 0.4) is 0 Å². The number of rotatable bonds is 7. The van der Waals surface area contributed by atoms with E-state index < -0.39 is 0 Å². The first kappa shape index (κ1) is 17.5. The zero-order valence-corrected chi connectivity index (χ0v) is 14.1. The number of hydrogen-bond donors (Lipinski definition) is 1. The summed E-state index contributed by atoms with van der Waals surface area (Å²) in [4.78, 5) is 18.6. The Bertz CT molecular complexity index is 696. The molecular formula is C19H22N4O. The molecule has 0 radical (unpaired) electrons. The second-order valence-corrected chi connectivity index (χ2v) is 5.54. The van der Waals surface area contributed by atoms with Crippen molar-refractivity contribution >= 4 is 17.3 Å². The van der Waals surface area contributed by atoms with Gasteiger partial charge in [-0.05, 0) is 49.2 Å². The molecule has 24 heavy (non-hydrogen) atoms. The average molecular weight is 322 g/mol. The topological polar surface area (TPSA) is 69.0 Å². The van der Waals surface area contributed by atoms with Gasteiger partial charge in [0.05, 0.1) is 23.5 Å². The van der Waals surface area contributed by atoms with Crippen molar-refractivity contribution in [3.05, 3.63) is 53.9 Å². The van der Waals surface area contributed by atoms with Crippen molar-refractivity contribution in [2.24, 2.45) is 0 Å². The van der Waals surface area contributed by atoms with Crippen LogP contribution in [0.4, 0.5) is 11.4 Å². The third-order valence-corrected chi connectivity index (χ3v) is 3.56. The van der Waals surface area contributed by atoms with Gasteiger partial charge in [-0.1, -0.05) is 13.8 Å². The van der Waals surface area contributed by atoms with Gasteiger partial charge in [0.15, 0.2) is 0 Å². The van der Waals surface area contributed by atoms with Crippen molar-refractivity contribution in [1.82, 2.24) is 9.88 Å². The molecule has 1 heterocycles. The first-order valence-corrected chi connectivity index (χ1v) is 8.20. The molecule has 1 amide bonds. The van der Waals surface area contributed by atoms with Gasteiger partial charge in [0.2, 0.25) is 0 Å². The Morgan fingerprint density at radius 3 is 2.21 bits per heavy atom. The Morgan fingerprint density at radius 1 is 1.08 bits per heavy atom. The molecule has 0 aliphatic rings. The summed E-state index contributed by atoms with van der Waals surface area (Å²) in [6.45, 7) is 5.63. The molecule has 0 fully saturated rings. The van der Waals surface area contributed by atoms with E-state index in [1.165, 1.54) is 0 Å². The molecule has 0 aliphatic carbocycles. The van der Waals surface area contributed by atoms with E-state index in [4.69, 9.17) is 5.26 Å². The van der Waals surface area contributed by atoms with Crippen LogP contribution in [-0.4, -0.2) is 28.9 Å². The number of benzene rings is 1. The summed E-state index contributed by atoms with van der Waals surface area (Å²) in [5.74, 6) is -0.0244. The zero-order valence-electron chi connectivity index (χ0n) is 14.1. The summed E-state index contributed by atoms with van der Waals surface area (Å²) in [6.07, 6.45) is 3.52. The molecule has 2 aromatic rings. The van der Waals surface area contributed by atoms with E-state index >= 15 is 0 Å². The summed E-state index contributed by atoms with van der Waals surface area (Å²) in [5, 5.41) is 12.0. The SMILES string of the molecule is CCCN(CCC)C(=O)c1ccc(Nc2ccc(C#N)cc2)cn1.